The molecule has 3 aromatic rings. The Morgan fingerprint density at radius 3 is 3.00 bits per heavy atom. The van der Waals surface area contributed by atoms with Gasteiger partial charge in [0.2, 0.25) is 0 Å². The van der Waals surface area contributed by atoms with Crippen molar-refractivity contribution >= 4 is 28.4 Å². The maximum atomic E-state index is 4.58. The molecule has 0 amide bonds. The predicted molar refractivity (Wildman–Crippen MR) is 94.0 cm³/mol. The van der Waals surface area contributed by atoms with E-state index in [1.54, 1.807) is 0 Å². The second-order valence-electron chi connectivity index (χ2n) is 5.56. The molecule has 0 aromatic carbocycles. The summed E-state index contributed by atoms with van der Waals surface area (Å²) in [6.45, 7) is 2.01. The molecule has 1 aliphatic rings. The van der Waals surface area contributed by atoms with Crippen LogP contribution < -0.4 is 0 Å². The van der Waals surface area contributed by atoms with Crippen LogP contribution in [-0.4, -0.2) is 26.5 Å². The number of pyridine rings is 2. The SMILES string of the molecule is Cc1cccc(-c2cnc3[nH]c(C4=CCSCC4)cc3c2)n1. The van der Waals surface area contributed by atoms with E-state index in [1.165, 1.54) is 17.0 Å². The molecule has 0 spiro atoms. The summed E-state index contributed by atoms with van der Waals surface area (Å²) in [7, 11) is 0. The van der Waals surface area contributed by atoms with E-state index in [-0.39, 0.29) is 0 Å². The summed E-state index contributed by atoms with van der Waals surface area (Å²) in [5.41, 5.74) is 6.63. The second kappa shape index (κ2) is 5.61. The van der Waals surface area contributed by atoms with Crippen molar-refractivity contribution < 1.29 is 0 Å². The van der Waals surface area contributed by atoms with Crippen LogP contribution in [0.1, 0.15) is 17.8 Å². The summed E-state index contributed by atoms with van der Waals surface area (Å²) in [4.78, 5) is 12.6. The molecular weight excluding hydrogens is 290 g/mol. The molecular formula is C18H17N3S. The quantitative estimate of drug-likeness (QED) is 0.760. The molecule has 1 aliphatic heterocycles. The van der Waals surface area contributed by atoms with E-state index in [4.69, 9.17) is 0 Å². The zero-order valence-corrected chi connectivity index (χ0v) is 13.3. The minimum atomic E-state index is 0.950. The second-order valence-corrected chi connectivity index (χ2v) is 6.71. The number of H-pyrrole nitrogens is 1. The van der Waals surface area contributed by atoms with Crippen LogP contribution in [0.25, 0.3) is 27.9 Å². The van der Waals surface area contributed by atoms with Crippen molar-refractivity contribution in [1.82, 2.24) is 15.0 Å². The number of hydrogen-bond donors (Lipinski definition) is 1. The highest BCUT2D eigenvalue weighted by molar-refractivity contribution is 7.99. The summed E-state index contributed by atoms with van der Waals surface area (Å²) in [5, 5.41) is 1.15. The lowest BCUT2D eigenvalue weighted by Crippen LogP contribution is -1.95. The Kier molecular flexibility index (Phi) is 3.47. The Morgan fingerprint density at radius 1 is 1.23 bits per heavy atom. The van der Waals surface area contributed by atoms with Gasteiger partial charge in [-0.3, -0.25) is 4.98 Å². The van der Waals surface area contributed by atoms with Gasteiger partial charge in [-0.25, -0.2) is 4.98 Å². The number of fused-ring (bicyclic) bond motifs is 1. The van der Waals surface area contributed by atoms with E-state index >= 15 is 0 Å². The largest absolute Gasteiger partial charge is 0.339 e. The molecule has 4 heterocycles. The molecule has 0 aliphatic carbocycles. The maximum Gasteiger partial charge on any atom is 0.137 e. The van der Waals surface area contributed by atoms with Crippen molar-refractivity contribution in [2.24, 2.45) is 0 Å². The normalized spacial score (nSPS) is 15.0. The van der Waals surface area contributed by atoms with Crippen LogP contribution in [0, 0.1) is 6.92 Å². The van der Waals surface area contributed by atoms with Gasteiger partial charge in [-0.1, -0.05) is 12.1 Å². The molecule has 0 fully saturated rings. The summed E-state index contributed by atoms with van der Waals surface area (Å²) < 4.78 is 0. The highest BCUT2D eigenvalue weighted by Gasteiger charge is 2.11. The summed E-state index contributed by atoms with van der Waals surface area (Å²) in [5.74, 6) is 2.31. The Bertz CT molecular complexity index is 864. The first-order chi connectivity index (χ1) is 10.8. The van der Waals surface area contributed by atoms with Crippen molar-refractivity contribution in [3.63, 3.8) is 0 Å². The molecule has 4 rings (SSSR count). The maximum absolute atomic E-state index is 4.58. The fraction of sp³-hybridized carbons (Fsp3) is 0.222. The number of allylic oxidation sites excluding steroid dienone is 1. The lowest BCUT2D eigenvalue weighted by Gasteiger charge is -2.10. The first kappa shape index (κ1) is 13.6. The van der Waals surface area contributed by atoms with E-state index in [0.717, 1.165) is 40.2 Å². The topological polar surface area (TPSA) is 41.6 Å². The van der Waals surface area contributed by atoms with E-state index < -0.39 is 0 Å². The van der Waals surface area contributed by atoms with Gasteiger partial charge in [0.05, 0.1) is 5.69 Å². The average Bonchev–Trinajstić information content (AvgIpc) is 2.99. The molecule has 4 heteroatoms. The summed E-state index contributed by atoms with van der Waals surface area (Å²) >= 11 is 1.99. The molecule has 0 atom stereocenters. The smallest absolute Gasteiger partial charge is 0.137 e. The third-order valence-corrected chi connectivity index (χ3v) is 4.86. The minimum absolute atomic E-state index is 0.950. The number of thioether (sulfide) groups is 1. The van der Waals surface area contributed by atoms with Crippen LogP contribution in [0.15, 0.2) is 42.6 Å². The van der Waals surface area contributed by atoms with Gasteiger partial charge in [-0.15, -0.1) is 0 Å². The van der Waals surface area contributed by atoms with Crippen LogP contribution >= 0.6 is 11.8 Å². The average molecular weight is 307 g/mol. The summed E-state index contributed by atoms with van der Waals surface area (Å²) in [6, 6.07) is 10.5. The van der Waals surface area contributed by atoms with Crippen molar-refractivity contribution in [2.75, 3.05) is 11.5 Å². The number of nitrogens with one attached hydrogen (secondary N) is 1. The molecule has 0 unspecified atom stereocenters. The summed E-state index contributed by atoms with van der Waals surface area (Å²) in [6.07, 6.45) is 5.35. The lowest BCUT2D eigenvalue weighted by atomic mass is 10.1. The number of nitrogens with zero attached hydrogens (tertiary/aromatic N) is 2. The molecule has 3 aromatic heterocycles. The van der Waals surface area contributed by atoms with Gasteiger partial charge in [0.15, 0.2) is 0 Å². The monoisotopic (exact) mass is 307 g/mol. The van der Waals surface area contributed by atoms with Crippen molar-refractivity contribution in [1.29, 1.82) is 0 Å². The number of rotatable bonds is 2. The van der Waals surface area contributed by atoms with Gasteiger partial charge in [-0.2, -0.15) is 11.8 Å². The van der Waals surface area contributed by atoms with Gasteiger partial charge in [0.1, 0.15) is 5.65 Å². The first-order valence-corrected chi connectivity index (χ1v) is 8.65. The zero-order chi connectivity index (χ0) is 14.9. The van der Waals surface area contributed by atoms with Gasteiger partial charge >= 0.3 is 0 Å². The Labute approximate surface area is 133 Å². The minimum Gasteiger partial charge on any atom is -0.339 e. The third kappa shape index (κ3) is 2.55. The van der Waals surface area contributed by atoms with Crippen LogP contribution in [0.5, 0.6) is 0 Å². The number of aromatic amines is 1. The van der Waals surface area contributed by atoms with Crippen molar-refractivity contribution in [3.05, 3.63) is 54.0 Å². The highest BCUT2D eigenvalue weighted by Crippen LogP contribution is 2.29. The van der Waals surface area contributed by atoms with Crippen LogP contribution in [0.2, 0.25) is 0 Å². The highest BCUT2D eigenvalue weighted by atomic mass is 32.2. The molecule has 0 saturated carbocycles. The lowest BCUT2D eigenvalue weighted by molar-refractivity contribution is 1.19. The standard InChI is InChI=1S/C18H17N3S/c1-12-3-2-4-16(20-12)15-9-14-10-17(21-18(14)19-11-15)13-5-7-22-8-6-13/h2-5,9-11H,6-8H2,1H3,(H,19,21). The van der Waals surface area contributed by atoms with Crippen molar-refractivity contribution in [3.8, 4) is 11.3 Å². The first-order valence-electron chi connectivity index (χ1n) is 7.49. The Balaban J connectivity index is 1.76. The van der Waals surface area contributed by atoms with E-state index in [1.807, 2.05) is 43.1 Å². The van der Waals surface area contributed by atoms with E-state index in [9.17, 15) is 0 Å². The number of aromatic nitrogens is 3. The van der Waals surface area contributed by atoms with Crippen molar-refractivity contribution in [2.45, 2.75) is 13.3 Å². The zero-order valence-electron chi connectivity index (χ0n) is 12.5. The Morgan fingerprint density at radius 2 is 2.18 bits per heavy atom. The molecule has 110 valence electrons. The Hall–Kier alpha value is -2.07. The van der Waals surface area contributed by atoms with Crippen LogP contribution in [0.3, 0.4) is 0 Å². The van der Waals surface area contributed by atoms with Crippen LogP contribution in [0.4, 0.5) is 0 Å². The number of aryl methyl sites for hydroxylation is 1. The van der Waals surface area contributed by atoms with Gasteiger partial charge in [0.25, 0.3) is 0 Å². The molecule has 0 bridgehead atoms. The molecule has 0 saturated heterocycles. The molecule has 3 nitrogen and oxygen atoms in total. The van der Waals surface area contributed by atoms with E-state index in [2.05, 4.69) is 33.2 Å². The fourth-order valence-electron chi connectivity index (χ4n) is 2.80. The third-order valence-electron chi connectivity index (χ3n) is 3.96. The van der Waals surface area contributed by atoms with Crippen LogP contribution in [-0.2, 0) is 0 Å². The molecule has 0 radical (unpaired) electrons. The predicted octanol–water partition coefficient (Wildman–Crippen LogP) is 4.45. The number of hydrogen-bond acceptors (Lipinski definition) is 3. The molecule has 1 N–H and O–H groups in total. The van der Waals surface area contributed by atoms with Gasteiger partial charge < -0.3 is 4.98 Å². The van der Waals surface area contributed by atoms with E-state index in [0.29, 0.717) is 0 Å². The van der Waals surface area contributed by atoms with Gasteiger partial charge in [0, 0.05) is 34.3 Å². The van der Waals surface area contributed by atoms with Gasteiger partial charge in [-0.05, 0) is 48.9 Å². The molecule has 22 heavy (non-hydrogen) atoms. The fourth-order valence-corrected chi connectivity index (χ4v) is 3.65.